The molecule has 0 heterocycles. The van der Waals surface area contributed by atoms with Crippen LogP contribution in [0.25, 0.3) is 0 Å². The SMILES string of the molecule is COC(CN=C=O)c1ccc(Br)cc1. The Labute approximate surface area is 90.9 Å². The van der Waals surface area contributed by atoms with Gasteiger partial charge >= 0.3 is 0 Å². The summed E-state index contributed by atoms with van der Waals surface area (Å²) < 4.78 is 6.20. The number of methoxy groups -OCH3 is 1. The van der Waals surface area contributed by atoms with Gasteiger partial charge in [0.05, 0.1) is 6.54 Å². The van der Waals surface area contributed by atoms with E-state index in [1.165, 1.54) is 6.08 Å². The van der Waals surface area contributed by atoms with Gasteiger partial charge in [-0.05, 0) is 17.7 Å². The maximum atomic E-state index is 9.96. The van der Waals surface area contributed by atoms with Crippen molar-refractivity contribution in [3.63, 3.8) is 0 Å². The molecule has 0 amide bonds. The first kappa shape index (κ1) is 11.1. The van der Waals surface area contributed by atoms with Crippen LogP contribution in [0.5, 0.6) is 0 Å². The van der Waals surface area contributed by atoms with Crippen molar-refractivity contribution in [2.24, 2.45) is 4.99 Å². The highest BCUT2D eigenvalue weighted by atomic mass is 79.9. The molecule has 1 aromatic rings. The zero-order valence-corrected chi connectivity index (χ0v) is 9.32. The number of aliphatic imine (C=N–C) groups is 1. The van der Waals surface area contributed by atoms with Crippen LogP contribution in [0.1, 0.15) is 11.7 Å². The molecule has 14 heavy (non-hydrogen) atoms. The van der Waals surface area contributed by atoms with Gasteiger partial charge in [0.2, 0.25) is 6.08 Å². The Bertz CT molecular complexity index is 330. The lowest BCUT2D eigenvalue weighted by atomic mass is 10.1. The molecule has 4 heteroatoms. The number of nitrogens with zero attached hydrogens (tertiary/aromatic N) is 1. The van der Waals surface area contributed by atoms with E-state index in [1.54, 1.807) is 7.11 Å². The van der Waals surface area contributed by atoms with E-state index in [0.29, 0.717) is 6.54 Å². The van der Waals surface area contributed by atoms with E-state index in [4.69, 9.17) is 4.74 Å². The minimum atomic E-state index is -0.176. The molecule has 1 atom stereocenters. The van der Waals surface area contributed by atoms with Crippen LogP contribution in [0, 0.1) is 0 Å². The fraction of sp³-hybridized carbons (Fsp3) is 0.300. The van der Waals surface area contributed by atoms with Crippen molar-refractivity contribution in [2.45, 2.75) is 6.10 Å². The Morgan fingerprint density at radius 3 is 2.64 bits per heavy atom. The normalized spacial score (nSPS) is 11.9. The van der Waals surface area contributed by atoms with Gasteiger partial charge in [0.1, 0.15) is 6.10 Å². The molecule has 1 unspecified atom stereocenters. The van der Waals surface area contributed by atoms with Crippen molar-refractivity contribution in [2.75, 3.05) is 13.7 Å². The summed E-state index contributed by atoms with van der Waals surface area (Å²) in [5.41, 5.74) is 0.995. The Morgan fingerprint density at radius 1 is 1.50 bits per heavy atom. The van der Waals surface area contributed by atoms with E-state index in [2.05, 4.69) is 20.9 Å². The number of hydrogen-bond donors (Lipinski definition) is 0. The van der Waals surface area contributed by atoms with Gasteiger partial charge < -0.3 is 4.74 Å². The minimum Gasteiger partial charge on any atom is -0.375 e. The molecule has 0 saturated carbocycles. The fourth-order valence-electron chi connectivity index (χ4n) is 1.11. The summed E-state index contributed by atoms with van der Waals surface area (Å²) in [4.78, 5) is 13.5. The number of rotatable bonds is 4. The topological polar surface area (TPSA) is 38.7 Å². The lowest BCUT2D eigenvalue weighted by Gasteiger charge is -2.12. The second kappa shape index (κ2) is 5.70. The molecule has 1 aromatic carbocycles. The lowest BCUT2D eigenvalue weighted by molar-refractivity contribution is 0.111. The second-order valence-electron chi connectivity index (χ2n) is 2.71. The molecule has 0 aliphatic carbocycles. The summed E-state index contributed by atoms with van der Waals surface area (Å²) in [6, 6.07) is 7.70. The molecule has 0 N–H and O–H groups in total. The molecule has 0 aliphatic rings. The molecule has 1 rings (SSSR count). The molecule has 0 aliphatic heterocycles. The number of halogens is 1. The Morgan fingerprint density at radius 2 is 2.14 bits per heavy atom. The van der Waals surface area contributed by atoms with Gasteiger partial charge in [-0.3, -0.25) is 0 Å². The van der Waals surface area contributed by atoms with Crippen molar-refractivity contribution in [1.82, 2.24) is 0 Å². The molecule has 3 nitrogen and oxygen atoms in total. The van der Waals surface area contributed by atoms with Crippen LogP contribution in [-0.4, -0.2) is 19.7 Å². The molecule has 0 fully saturated rings. The third-order valence-electron chi connectivity index (χ3n) is 1.85. The molecule has 74 valence electrons. The van der Waals surface area contributed by atoms with Crippen molar-refractivity contribution < 1.29 is 9.53 Å². The first-order valence-electron chi connectivity index (χ1n) is 4.10. The largest absolute Gasteiger partial charge is 0.375 e. The number of carbonyl (C=O) groups excluding carboxylic acids is 1. The number of isocyanates is 1. The van der Waals surface area contributed by atoms with Crippen molar-refractivity contribution in [3.05, 3.63) is 34.3 Å². The number of ether oxygens (including phenoxy) is 1. The highest BCUT2D eigenvalue weighted by molar-refractivity contribution is 9.10. The van der Waals surface area contributed by atoms with Gasteiger partial charge in [0, 0.05) is 11.6 Å². The number of hydrogen-bond acceptors (Lipinski definition) is 3. The van der Waals surface area contributed by atoms with Gasteiger partial charge in [0.15, 0.2) is 0 Å². The highest BCUT2D eigenvalue weighted by Gasteiger charge is 2.08. The van der Waals surface area contributed by atoms with E-state index in [9.17, 15) is 4.79 Å². The predicted molar refractivity (Wildman–Crippen MR) is 56.9 cm³/mol. The van der Waals surface area contributed by atoms with E-state index >= 15 is 0 Å². The molecule has 0 radical (unpaired) electrons. The van der Waals surface area contributed by atoms with Crippen LogP contribution >= 0.6 is 15.9 Å². The zero-order valence-electron chi connectivity index (χ0n) is 7.74. The average Bonchev–Trinajstić information content (AvgIpc) is 2.21. The minimum absolute atomic E-state index is 0.176. The smallest absolute Gasteiger partial charge is 0.235 e. The van der Waals surface area contributed by atoms with E-state index in [-0.39, 0.29) is 6.10 Å². The van der Waals surface area contributed by atoms with Crippen LogP contribution in [0.2, 0.25) is 0 Å². The summed E-state index contributed by atoms with van der Waals surface area (Å²) in [7, 11) is 1.59. The van der Waals surface area contributed by atoms with Gasteiger partial charge in [-0.25, -0.2) is 9.79 Å². The molecular formula is C10H10BrNO2. The van der Waals surface area contributed by atoms with Crippen LogP contribution in [0.15, 0.2) is 33.7 Å². The third kappa shape index (κ3) is 3.07. The maximum Gasteiger partial charge on any atom is 0.235 e. The number of benzene rings is 1. The van der Waals surface area contributed by atoms with Crippen molar-refractivity contribution in [3.8, 4) is 0 Å². The molecule has 0 bridgehead atoms. The maximum absolute atomic E-state index is 9.96. The van der Waals surface area contributed by atoms with E-state index in [1.807, 2.05) is 24.3 Å². The summed E-state index contributed by atoms with van der Waals surface area (Å²) in [6.07, 6.45) is 1.32. The van der Waals surface area contributed by atoms with Crippen LogP contribution in [-0.2, 0) is 9.53 Å². The second-order valence-corrected chi connectivity index (χ2v) is 3.62. The van der Waals surface area contributed by atoms with Gasteiger partial charge in [-0.15, -0.1) is 0 Å². The Balaban J connectivity index is 2.78. The zero-order chi connectivity index (χ0) is 10.4. The predicted octanol–water partition coefficient (Wildman–Crippen LogP) is 2.47. The monoisotopic (exact) mass is 255 g/mol. The molecule has 0 saturated heterocycles. The first-order chi connectivity index (χ1) is 6.77. The quantitative estimate of drug-likeness (QED) is 0.613. The fourth-order valence-corrected chi connectivity index (χ4v) is 1.38. The standard InChI is InChI=1S/C10H10BrNO2/c1-14-10(6-12-7-13)8-2-4-9(11)5-3-8/h2-5,10H,6H2,1H3. The van der Waals surface area contributed by atoms with Gasteiger partial charge in [0.25, 0.3) is 0 Å². The van der Waals surface area contributed by atoms with Gasteiger partial charge in [-0.2, -0.15) is 0 Å². The van der Waals surface area contributed by atoms with E-state index < -0.39 is 0 Å². The van der Waals surface area contributed by atoms with E-state index in [0.717, 1.165) is 10.0 Å². The molecule has 0 spiro atoms. The average molecular weight is 256 g/mol. The highest BCUT2D eigenvalue weighted by Crippen LogP contribution is 2.19. The van der Waals surface area contributed by atoms with Crippen LogP contribution in [0.3, 0.4) is 0 Å². The van der Waals surface area contributed by atoms with Gasteiger partial charge in [-0.1, -0.05) is 28.1 Å². The molecule has 0 aromatic heterocycles. The Hall–Kier alpha value is -0.960. The lowest BCUT2D eigenvalue weighted by Crippen LogP contribution is -2.04. The summed E-state index contributed by atoms with van der Waals surface area (Å²) in [5.74, 6) is 0. The summed E-state index contributed by atoms with van der Waals surface area (Å²) >= 11 is 3.34. The summed E-state index contributed by atoms with van der Waals surface area (Å²) in [5, 5.41) is 0. The van der Waals surface area contributed by atoms with Crippen molar-refractivity contribution >= 4 is 22.0 Å². The Kier molecular flexibility index (Phi) is 4.53. The summed E-state index contributed by atoms with van der Waals surface area (Å²) in [6.45, 7) is 0.307. The molecular weight excluding hydrogens is 246 g/mol. The van der Waals surface area contributed by atoms with Crippen LogP contribution < -0.4 is 0 Å². The van der Waals surface area contributed by atoms with Crippen LogP contribution in [0.4, 0.5) is 0 Å². The third-order valence-corrected chi connectivity index (χ3v) is 2.38. The first-order valence-corrected chi connectivity index (χ1v) is 4.89. The van der Waals surface area contributed by atoms with Crippen molar-refractivity contribution in [1.29, 1.82) is 0 Å².